The number of imidazole rings is 1. The molecule has 1 aromatic carbocycles. The van der Waals surface area contributed by atoms with Crippen LogP contribution in [0.1, 0.15) is 17.8 Å². The Kier molecular flexibility index (Phi) is 5.58. The summed E-state index contributed by atoms with van der Waals surface area (Å²) in [6.45, 7) is 2.25. The van der Waals surface area contributed by atoms with Crippen molar-refractivity contribution in [1.82, 2.24) is 18.2 Å². The van der Waals surface area contributed by atoms with Crippen molar-refractivity contribution in [2.75, 3.05) is 26.2 Å². The largest absolute Gasteiger partial charge is 0.337 e. The first kappa shape index (κ1) is 20.5. The number of aromatic nitrogens is 2. The first-order valence-electron chi connectivity index (χ1n) is 8.66. The van der Waals surface area contributed by atoms with E-state index in [2.05, 4.69) is 4.98 Å². The van der Waals surface area contributed by atoms with Crippen molar-refractivity contribution in [2.45, 2.75) is 23.3 Å². The fourth-order valence-corrected chi connectivity index (χ4v) is 5.95. The Balaban J connectivity index is 1.80. The van der Waals surface area contributed by atoms with E-state index >= 15 is 0 Å². The van der Waals surface area contributed by atoms with Crippen LogP contribution >= 0.6 is 0 Å². The maximum atomic E-state index is 12.9. The summed E-state index contributed by atoms with van der Waals surface area (Å²) in [6.07, 6.45) is 1.83. The molecule has 9 nitrogen and oxygen atoms in total. The second-order valence-electron chi connectivity index (χ2n) is 6.54. The molecule has 0 saturated carbocycles. The number of aryl methyl sites for hydroxylation is 2. The minimum atomic E-state index is -3.79. The van der Waals surface area contributed by atoms with Crippen molar-refractivity contribution in [3.63, 3.8) is 0 Å². The third kappa shape index (κ3) is 3.81. The smallest absolute Gasteiger partial charge is 0.262 e. The Labute approximate surface area is 164 Å². The average Bonchev–Trinajstić information content (AvgIpc) is 2.88. The third-order valence-corrected chi connectivity index (χ3v) is 8.41. The highest BCUT2D eigenvalue weighted by molar-refractivity contribution is 7.89. The number of sulfonamides is 2. The van der Waals surface area contributed by atoms with Crippen molar-refractivity contribution < 1.29 is 16.8 Å². The normalized spacial score (nSPS) is 17.2. The summed E-state index contributed by atoms with van der Waals surface area (Å²) >= 11 is 0. The van der Waals surface area contributed by atoms with Gasteiger partial charge in [-0.3, -0.25) is 0 Å². The van der Waals surface area contributed by atoms with Gasteiger partial charge in [0.05, 0.1) is 16.5 Å². The molecule has 0 radical (unpaired) electrons. The fourth-order valence-electron chi connectivity index (χ4n) is 2.98. The molecule has 2 heterocycles. The van der Waals surface area contributed by atoms with E-state index in [1.807, 2.05) is 6.07 Å². The van der Waals surface area contributed by atoms with Gasteiger partial charge in [-0.15, -0.1) is 0 Å². The zero-order valence-electron chi connectivity index (χ0n) is 15.6. The van der Waals surface area contributed by atoms with Crippen LogP contribution in [-0.4, -0.2) is 61.2 Å². The van der Waals surface area contributed by atoms with Crippen LogP contribution in [-0.2, 0) is 27.1 Å². The van der Waals surface area contributed by atoms with E-state index in [0.29, 0.717) is 17.8 Å². The summed E-state index contributed by atoms with van der Waals surface area (Å²) in [5.74, 6) is 0.582. The summed E-state index contributed by atoms with van der Waals surface area (Å²) in [5, 5.41) is 8.82. The van der Waals surface area contributed by atoms with Gasteiger partial charge in [0.2, 0.25) is 10.0 Å². The lowest BCUT2D eigenvalue weighted by Gasteiger charge is -2.21. The topological polar surface area (TPSA) is 116 Å². The molecule has 1 aromatic heterocycles. The number of nitrogens with zero attached hydrogens (tertiary/aromatic N) is 5. The molecule has 0 amide bonds. The lowest BCUT2D eigenvalue weighted by molar-refractivity contribution is 0.403. The van der Waals surface area contributed by atoms with Gasteiger partial charge in [0.15, 0.2) is 5.03 Å². The second-order valence-corrected chi connectivity index (χ2v) is 10.4. The van der Waals surface area contributed by atoms with Gasteiger partial charge < -0.3 is 4.57 Å². The van der Waals surface area contributed by atoms with Gasteiger partial charge in [0.25, 0.3) is 10.0 Å². The summed E-state index contributed by atoms with van der Waals surface area (Å²) in [5.41, 5.74) is 0.373. The number of hydrogen-bond donors (Lipinski definition) is 0. The minimum Gasteiger partial charge on any atom is -0.337 e. The minimum absolute atomic E-state index is 0.0316. The summed E-state index contributed by atoms with van der Waals surface area (Å²) in [7, 11) is -5.83. The summed E-state index contributed by atoms with van der Waals surface area (Å²) in [6, 6.07) is 7.63. The highest BCUT2D eigenvalue weighted by Gasteiger charge is 2.33. The molecule has 150 valence electrons. The van der Waals surface area contributed by atoms with Crippen molar-refractivity contribution in [1.29, 1.82) is 5.26 Å². The van der Waals surface area contributed by atoms with Crippen LogP contribution < -0.4 is 0 Å². The lowest BCUT2D eigenvalue weighted by atomic mass is 10.2. The van der Waals surface area contributed by atoms with Crippen LogP contribution in [0.4, 0.5) is 0 Å². The number of hydrogen-bond acceptors (Lipinski definition) is 6. The lowest BCUT2D eigenvalue weighted by Crippen LogP contribution is -2.37. The monoisotopic (exact) mass is 423 g/mol. The standard InChI is InChI=1S/C17H21N5O4S2/c1-14-19-17(13-20(14)2)28(25,26)22-9-3-8-21(10-11-22)27(23,24)16-6-4-15(12-18)5-7-16/h4-7,13H,3,8-11H2,1-2H3. The third-order valence-electron chi connectivity index (χ3n) is 4.73. The predicted molar refractivity (Wildman–Crippen MR) is 101 cm³/mol. The van der Waals surface area contributed by atoms with Crippen molar-refractivity contribution >= 4 is 20.0 Å². The molecule has 0 N–H and O–H groups in total. The maximum absolute atomic E-state index is 12.9. The van der Waals surface area contributed by atoms with Crippen LogP contribution in [0.25, 0.3) is 0 Å². The van der Waals surface area contributed by atoms with Crippen LogP contribution in [0.5, 0.6) is 0 Å². The van der Waals surface area contributed by atoms with Crippen LogP contribution in [0.15, 0.2) is 40.4 Å². The molecule has 0 bridgehead atoms. The Hall–Kier alpha value is -2.26. The molecular weight excluding hydrogens is 402 g/mol. The SMILES string of the molecule is Cc1nc(S(=O)(=O)N2CCCN(S(=O)(=O)c3ccc(C#N)cc3)CC2)cn1C. The van der Waals surface area contributed by atoms with E-state index in [1.165, 1.54) is 39.1 Å². The first-order valence-corrected chi connectivity index (χ1v) is 11.5. The predicted octanol–water partition coefficient (Wildman–Crippen LogP) is 0.685. The van der Waals surface area contributed by atoms with E-state index in [-0.39, 0.29) is 36.1 Å². The van der Waals surface area contributed by atoms with E-state index in [9.17, 15) is 16.8 Å². The maximum Gasteiger partial charge on any atom is 0.262 e. The van der Waals surface area contributed by atoms with Crippen molar-refractivity contribution in [3.05, 3.63) is 41.9 Å². The molecule has 1 aliphatic rings. The summed E-state index contributed by atoms with van der Waals surface area (Å²) in [4.78, 5) is 4.18. The summed E-state index contributed by atoms with van der Waals surface area (Å²) < 4.78 is 55.7. The van der Waals surface area contributed by atoms with E-state index in [0.717, 1.165) is 0 Å². The highest BCUT2D eigenvalue weighted by atomic mass is 32.2. The number of benzene rings is 1. The molecule has 1 saturated heterocycles. The molecule has 0 spiro atoms. The number of nitriles is 1. The van der Waals surface area contributed by atoms with E-state index < -0.39 is 20.0 Å². The van der Waals surface area contributed by atoms with Crippen molar-refractivity contribution in [2.24, 2.45) is 7.05 Å². The van der Waals surface area contributed by atoms with Gasteiger partial charge in [-0.2, -0.15) is 13.9 Å². The highest BCUT2D eigenvalue weighted by Crippen LogP contribution is 2.21. The number of rotatable bonds is 4. The average molecular weight is 424 g/mol. The quantitative estimate of drug-likeness (QED) is 0.714. The van der Waals surface area contributed by atoms with Gasteiger partial charge in [0, 0.05) is 39.4 Å². The first-order chi connectivity index (χ1) is 13.2. The van der Waals surface area contributed by atoms with Gasteiger partial charge in [0.1, 0.15) is 5.82 Å². The fraction of sp³-hybridized carbons (Fsp3) is 0.412. The Bertz CT molecular complexity index is 1100. The van der Waals surface area contributed by atoms with E-state index in [4.69, 9.17) is 5.26 Å². The van der Waals surface area contributed by atoms with Crippen LogP contribution in [0, 0.1) is 18.3 Å². The van der Waals surface area contributed by atoms with Gasteiger partial charge in [-0.25, -0.2) is 21.8 Å². The van der Waals surface area contributed by atoms with Crippen LogP contribution in [0.2, 0.25) is 0 Å². The second kappa shape index (κ2) is 7.63. The van der Waals surface area contributed by atoms with Gasteiger partial charge in [-0.1, -0.05) is 0 Å². The zero-order valence-corrected chi connectivity index (χ0v) is 17.2. The zero-order chi connectivity index (χ0) is 20.5. The Morgan fingerprint density at radius 2 is 1.54 bits per heavy atom. The van der Waals surface area contributed by atoms with Crippen molar-refractivity contribution in [3.8, 4) is 6.07 Å². The molecule has 11 heteroatoms. The molecule has 1 fully saturated rings. The molecular formula is C17H21N5O4S2. The Morgan fingerprint density at radius 1 is 0.964 bits per heavy atom. The molecule has 0 unspecified atom stereocenters. The molecule has 0 aliphatic carbocycles. The van der Waals surface area contributed by atoms with Gasteiger partial charge >= 0.3 is 0 Å². The molecule has 0 atom stereocenters. The van der Waals surface area contributed by atoms with E-state index in [1.54, 1.807) is 18.5 Å². The molecule has 1 aliphatic heterocycles. The molecule has 3 rings (SSSR count). The molecule has 2 aromatic rings. The Morgan fingerprint density at radius 3 is 2.04 bits per heavy atom. The molecule has 28 heavy (non-hydrogen) atoms. The van der Waals surface area contributed by atoms with Crippen LogP contribution in [0.3, 0.4) is 0 Å². The van der Waals surface area contributed by atoms with Gasteiger partial charge in [-0.05, 0) is 37.6 Å².